The fraction of sp³-hybridized carbons (Fsp3) is 0.333. The van der Waals surface area contributed by atoms with E-state index in [-0.39, 0.29) is 24.4 Å². The van der Waals surface area contributed by atoms with E-state index in [9.17, 15) is 14.0 Å². The van der Waals surface area contributed by atoms with Gasteiger partial charge in [-0.05, 0) is 18.1 Å². The van der Waals surface area contributed by atoms with Crippen LogP contribution in [0, 0.1) is 11.7 Å². The summed E-state index contributed by atoms with van der Waals surface area (Å²) in [5.74, 6) is -2.98. The molecule has 1 aromatic carbocycles. The zero-order chi connectivity index (χ0) is 13.7. The Balaban J connectivity index is 2.54. The monoisotopic (exact) mass is 255 g/mol. The molecule has 0 aliphatic carbocycles. The van der Waals surface area contributed by atoms with Crippen molar-refractivity contribution < 1.29 is 24.2 Å². The Morgan fingerprint density at radius 3 is 2.61 bits per heavy atom. The number of carbonyl (C=O) groups is 2. The minimum atomic E-state index is -0.967. The number of phenolic OH excluding ortho intramolecular Hbond substituents is 1. The number of rotatable bonds is 5. The Labute approximate surface area is 103 Å². The van der Waals surface area contributed by atoms with Crippen molar-refractivity contribution >= 4 is 17.6 Å². The molecule has 1 rings (SSSR count). The van der Waals surface area contributed by atoms with Crippen LogP contribution in [0.3, 0.4) is 0 Å². The number of hydrogen-bond acceptors (Lipinski definition) is 3. The summed E-state index contributed by atoms with van der Waals surface area (Å²) in [6.45, 7) is 1.64. The lowest BCUT2D eigenvalue weighted by Crippen LogP contribution is -2.17. The molecule has 0 fully saturated rings. The van der Waals surface area contributed by atoms with E-state index in [2.05, 4.69) is 5.32 Å². The molecule has 0 saturated carbocycles. The van der Waals surface area contributed by atoms with Gasteiger partial charge in [0, 0.05) is 24.6 Å². The average molecular weight is 255 g/mol. The first kappa shape index (κ1) is 14.0. The van der Waals surface area contributed by atoms with E-state index in [1.807, 2.05) is 0 Å². The third-order valence-corrected chi connectivity index (χ3v) is 2.29. The molecule has 5 nitrogen and oxygen atoms in total. The molecule has 1 aromatic rings. The van der Waals surface area contributed by atoms with Crippen LogP contribution >= 0.6 is 0 Å². The highest BCUT2D eigenvalue weighted by molar-refractivity contribution is 5.91. The first-order valence-corrected chi connectivity index (χ1v) is 5.38. The van der Waals surface area contributed by atoms with Gasteiger partial charge in [-0.2, -0.15) is 0 Å². The van der Waals surface area contributed by atoms with E-state index in [0.29, 0.717) is 0 Å². The summed E-state index contributed by atoms with van der Waals surface area (Å²) in [6.07, 6.45) is -0.0633. The Morgan fingerprint density at radius 1 is 1.39 bits per heavy atom. The normalized spacial score (nSPS) is 11.9. The van der Waals surface area contributed by atoms with Crippen LogP contribution in [0.2, 0.25) is 0 Å². The number of halogens is 1. The van der Waals surface area contributed by atoms with E-state index < -0.39 is 23.4 Å². The van der Waals surface area contributed by atoms with Gasteiger partial charge in [0.15, 0.2) is 11.6 Å². The van der Waals surface area contributed by atoms with Crippen molar-refractivity contribution in [3.63, 3.8) is 0 Å². The molecule has 0 spiro atoms. The topological polar surface area (TPSA) is 86.6 Å². The SMILES string of the molecule is CC(CC(=O)O)CC(=O)Nc1ccc(O)c(F)c1. The van der Waals surface area contributed by atoms with E-state index in [4.69, 9.17) is 10.2 Å². The van der Waals surface area contributed by atoms with Crippen molar-refractivity contribution in [1.29, 1.82) is 0 Å². The quantitative estimate of drug-likeness (QED) is 0.702. The molecule has 3 N–H and O–H groups in total. The van der Waals surface area contributed by atoms with Crippen molar-refractivity contribution in [3.8, 4) is 5.75 Å². The molecule has 0 aromatic heterocycles. The number of aromatic hydroxyl groups is 1. The number of benzene rings is 1. The van der Waals surface area contributed by atoms with Gasteiger partial charge < -0.3 is 15.5 Å². The second kappa shape index (κ2) is 6.00. The number of carboxylic acids is 1. The predicted molar refractivity (Wildman–Crippen MR) is 62.7 cm³/mol. The van der Waals surface area contributed by atoms with Crippen LogP contribution in [-0.4, -0.2) is 22.1 Å². The number of carbonyl (C=O) groups excluding carboxylic acids is 1. The van der Waals surface area contributed by atoms with Gasteiger partial charge in [-0.15, -0.1) is 0 Å². The van der Waals surface area contributed by atoms with Crippen molar-refractivity contribution in [2.75, 3.05) is 5.32 Å². The number of anilines is 1. The number of aliphatic carboxylic acids is 1. The summed E-state index contributed by atoms with van der Waals surface area (Å²) in [5.41, 5.74) is 0.220. The van der Waals surface area contributed by atoms with Gasteiger partial charge in [-0.3, -0.25) is 9.59 Å². The summed E-state index contributed by atoms with van der Waals surface area (Å²) in [6, 6.07) is 3.49. The van der Waals surface area contributed by atoms with Crippen LogP contribution in [0.5, 0.6) is 5.75 Å². The fourth-order valence-electron chi connectivity index (χ4n) is 1.48. The second-order valence-corrected chi connectivity index (χ2v) is 4.12. The average Bonchev–Trinajstić information content (AvgIpc) is 2.21. The lowest BCUT2D eigenvalue weighted by Gasteiger charge is -2.09. The summed E-state index contributed by atoms with van der Waals surface area (Å²) < 4.78 is 13.0. The van der Waals surface area contributed by atoms with Crippen molar-refractivity contribution in [2.45, 2.75) is 19.8 Å². The molecular formula is C12H14FNO4. The molecule has 0 aliphatic rings. The van der Waals surface area contributed by atoms with Crippen LogP contribution in [0.25, 0.3) is 0 Å². The summed E-state index contributed by atoms with van der Waals surface area (Å²) >= 11 is 0. The van der Waals surface area contributed by atoms with Gasteiger partial charge >= 0.3 is 5.97 Å². The largest absolute Gasteiger partial charge is 0.505 e. The standard InChI is InChI=1S/C12H14FNO4/c1-7(5-12(17)18)4-11(16)14-8-2-3-10(15)9(13)6-8/h2-3,6-7,15H,4-5H2,1H3,(H,14,16)(H,17,18). The Bertz CT molecular complexity index is 461. The molecule has 98 valence electrons. The molecule has 0 aliphatic heterocycles. The molecule has 6 heteroatoms. The maximum Gasteiger partial charge on any atom is 0.303 e. The summed E-state index contributed by atoms with van der Waals surface area (Å²) in [4.78, 5) is 21.9. The van der Waals surface area contributed by atoms with Crippen molar-refractivity contribution in [2.24, 2.45) is 5.92 Å². The molecule has 1 amide bonds. The maximum atomic E-state index is 13.0. The number of amides is 1. The third kappa shape index (κ3) is 4.40. The van der Waals surface area contributed by atoms with Crippen molar-refractivity contribution in [3.05, 3.63) is 24.0 Å². The first-order chi connectivity index (χ1) is 8.38. The number of hydrogen-bond donors (Lipinski definition) is 3. The summed E-state index contributed by atoms with van der Waals surface area (Å²) in [5, 5.41) is 19.9. The predicted octanol–water partition coefficient (Wildman–Crippen LogP) is 1.97. The van der Waals surface area contributed by atoms with Crippen LogP contribution in [0.4, 0.5) is 10.1 Å². The fourth-order valence-corrected chi connectivity index (χ4v) is 1.48. The molecular weight excluding hydrogens is 241 g/mol. The van der Waals surface area contributed by atoms with Crippen LogP contribution in [0.15, 0.2) is 18.2 Å². The van der Waals surface area contributed by atoms with Gasteiger partial charge in [0.1, 0.15) is 0 Å². The maximum absolute atomic E-state index is 13.0. The zero-order valence-corrected chi connectivity index (χ0v) is 9.81. The highest BCUT2D eigenvalue weighted by Gasteiger charge is 2.13. The second-order valence-electron chi connectivity index (χ2n) is 4.12. The number of phenols is 1. The molecule has 0 radical (unpaired) electrons. The van der Waals surface area contributed by atoms with Crippen molar-refractivity contribution in [1.82, 2.24) is 0 Å². The van der Waals surface area contributed by atoms with Crippen LogP contribution in [-0.2, 0) is 9.59 Å². The first-order valence-electron chi connectivity index (χ1n) is 5.38. The Morgan fingerprint density at radius 2 is 2.06 bits per heavy atom. The van der Waals surface area contributed by atoms with Crippen LogP contribution in [0.1, 0.15) is 19.8 Å². The van der Waals surface area contributed by atoms with E-state index >= 15 is 0 Å². The van der Waals surface area contributed by atoms with Gasteiger partial charge in [0.25, 0.3) is 0 Å². The minimum absolute atomic E-state index is 0.0365. The number of nitrogens with one attached hydrogen (secondary N) is 1. The lowest BCUT2D eigenvalue weighted by molar-refractivity contribution is -0.138. The van der Waals surface area contributed by atoms with E-state index in [0.717, 1.165) is 12.1 Å². The van der Waals surface area contributed by atoms with E-state index in [1.165, 1.54) is 6.07 Å². The minimum Gasteiger partial charge on any atom is -0.505 e. The molecule has 1 atom stereocenters. The van der Waals surface area contributed by atoms with Gasteiger partial charge in [0.05, 0.1) is 0 Å². The molecule has 0 saturated heterocycles. The Hall–Kier alpha value is -2.11. The number of carboxylic acid groups (broad SMARTS) is 1. The Kier molecular flexibility index (Phi) is 4.65. The molecule has 18 heavy (non-hydrogen) atoms. The molecule has 0 bridgehead atoms. The van der Waals surface area contributed by atoms with Gasteiger partial charge in [-0.25, -0.2) is 4.39 Å². The molecule has 1 unspecified atom stereocenters. The molecule has 0 heterocycles. The van der Waals surface area contributed by atoms with Gasteiger partial charge in [-0.1, -0.05) is 6.92 Å². The van der Waals surface area contributed by atoms with E-state index in [1.54, 1.807) is 6.92 Å². The summed E-state index contributed by atoms with van der Waals surface area (Å²) in [7, 11) is 0. The smallest absolute Gasteiger partial charge is 0.303 e. The third-order valence-electron chi connectivity index (χ3n) is 2.29. The lowest BCUT2D eigenvalue weighted by atomic mass is 10.0. The van der Waals surface area contributed by atoms with Gasteiger partial charge in [0.2, 0.25) is 5.91 Å². The highest BCUT2D eigenvalue weighted by Crippen LogP contribution is 2.20. The highest BCUT2D eigenvalue weighted by atomic mass is 19.1. The zero-order valence-electron chi connectivity index (χ0n) is 9.81. The van der Waals surface area contributed by atoms with Crippen LogP contribution < -0.4 is 5.32 Å².